The van der Waals surface area contributed by atoms with Crippen LogP contribution in [0.4, 0.5) is 11.4 Å². The van der Waals surface area contributed by atoms with E-state index < -0.39 is 0 Å². The summed E-state index contributed by atoms with van der Waals surface area (Å²) in [5, 5.41) is 5.79. The Hall–Kier alpha value is -2.62. The van der Waals surface area contributed by atoms with Crippen LogP contribution >= 0.6 is 0 Å². The van der Waals surface area contributed by atoms with Crippen LogP contribution in [0.5, 0.6) is 0 Å². The van der Waals surface area contributed by atoms with Crippen molar-refractivity contribution in [1.29, 1.82) is 0 Å². The van der Waals surface area contributed by atoms with Crippen molar-refractivity contribution in [2.75, 3.05) is 10.6 Å². The first-order chi connectivity index (χ1) is 11.6. The first-order valence-electron chi connectivity index (χ1n) is 8.37. The summed E-state index contributed by atoms with van der Waals surface area (Å²) in [5.74, 6) is 0.428. The van der Waals surface area contributed by atoms with Crippen LogP contribution in [0.25, 0.3) is 0 Å². The molecule has 2 aromatic carbocycles. The summed E-state index contributed by atoms with van der Waals surface area (Å²) in [6, 6.07) is 17.3. The van der Waals surface area contributed by atoms with E-state index in [-0.39, 0.29) is 23.7 Å². The Kier molecular flexibility index (Phi) is 4.94. The predicted molar refractivity (Wildman–Crippen MR) is 95.9 cm³/mol. The van der Waals surface area contributed by atoms with Gasteiger partial charge in [-0.05, 0) is 48.6 Å². The number of hydrogen-bond donors (Lipinski definition) is 2. The second-order valence-corrected chi connectivity index (χ2v) is 6.40. The molecule has 0 radical (unpaired) electrons. The number of carbonyl (C=O) groups is 2. The van der Waals surface area contributed by atoms with E-state index in [1.807, 2.05) is 61.5 Å². The maximum Gasteiger partial charge on any atom is 0.227 e. The first-order valence-corrected chi connectivity index (χ1v) is 8.37. The maximum absolute atomic E-state index is 12.2. The summed E-state index contributed by atoms with van der Waals surface area (Å²) in [5.41, 5.74) is 2.66. The SMILES string of the molecule is CC(CC(=O)Nc1ccc(NC(=O)C2CC2)cc1)c1ccccc1. The van der Waals surface area contributed by atoms with Gasteiger partial charge >= 0.3 is 0 Å². The lowest BCUT2D eigenvalue weighted by Crippen LogP contribution is -2.15. The topological polar surface area (TPSA) is 58.2 Å². The maximum atomic E-state index is 12.2. The Labute approximate surface area is 142 Å². The molecule has 1 aliphatic rings. The molecule has 2 amide bonds. The second-order valence-electron chi connectivity index (χ2n) is 6.40. The average molecular weight is 322 g/mol. The number of nitrogens with one attached hydrogen (secondary N) is 2. The molecule has 4 nitrogen and oxygen atoms in total. The van der Waals surface area contributed by atoms with Crippen molar-refractivity contribution in [3.05, 3.63) is 60.2 Å². The molecule has 1 unspecified atom stereocenters. The van der Waals surface area contributed by atoms with Crippen LogP contribution in [0, 0.1) is 5.92 Å². The highest BCUT2D eigenvalue weighted by Crippen LogP contribution is 2.30. The summed E-state index contributed by atoms with van der Waals surface area (Å²) in [6.07, 6.45) is 2.41. The fourth-order valence-corrected chi connectivity index (χ4v) is 2.62. The molecule has 2 N–H and O–H groups in total. The van der Waals surface area contributed by atoms with Gasteiger partial charge in [0.15, 0.2) is 0 Å². The van der Waals surface area contributed by atoms with E-state index >= 15 is 0 Å². The third kappa shape index (κ3) is 4.44. The molecular weight excluding hydrogens is 300 g/mol. The normalized spacial score (nSPS) is 14.7. The number of amides is 2. The lowest BCUT2D eigenvalue weighted by molar-refractivity contribution is -0.117. The zero-order chi connectivity index (χ0) is 16.9. The Balaban J connectivity index is 1.51. The predicted octanol–water partition coefficient (Wildman–Crippen LogP) is 4.17. The van der Waals surface area contributed by atoms with Crippen LogP contribution in [0.1, 0.15) is 37.7 Å². The Bertz CT molecular complexity index is 706. The van der Waals surface area contributed by atoms with E-state index in [0.717, 1.165) is 29.8 Å². The van der Waals surface area contributed by atoms with Gasteiger partial charge in [0.1, 0.15) is 0 Å². The van der Waals surface area contributed by atoms with Gasteiger partial charge in [-0.2, -0.15) is 0 Å². The van der Waals surface area contributed by atoms with E-state index in [2.05, 4.69) is 10.6 Å². The molecule has 2 aromatic rings. The van der Waals surface area contributed by atoms with Crippen LogP contribution < -0.4 is 10.6 Å². The number of anilines is 2. The van der Waals surface area contributed by atoms with E-state index in [4.69, 9.17) is 0 Å². The van der Waals surface area contributed by atoms with Gasteiger partial charge in [-0.3, -0.25) is 9.59 Å². The third-order valence-electron chi connectivity index (χ3n) is 4.24. The third-order valence-corrected chi connectivity index (χ3v) is 4.24. The second kappa shape index (κ2) is 7.30. The number of benzene rings is 2. The van der Waals surface area contributed by atoms with Gasteiger partial charge in [0.25, 0.3) is 0 Å². The molecule has 1 aliphatic carbocycles. The highest BCUT2D eigenvalue weighted by atomic mass is 16.2. The smallest absolute Gasteiger partial charge is 0.227 e. The van der Waals surface area contributed by atoms with E-state index in [1.165, 1.54) is 0 Å². The zero-order valence-electron chi connectivity index (χ0n) is 13.8. The Morgan fingerprint density at radius 2 is 1.54 bits per heavy atom. The largest absolute Gasteiger partial charge is 0.326 e. The van der Waals surface area contributed by atoms with Gasteiger partial charge in [0, 0.05) is 23.7 Å². The van der Waals surface area contributed by atoms with Crippen molar-refractivity contribution in [3.8, 4) is 0 Å². The van der Waals surface area contributed by atoms with Gasteiger partial charge in [0.05, 0.1) is 0 Å². The molecule has 0 aromatic heterocycles. The fraction of sp³-hybridized carbons (Fsp3) is 0.300. The average Bonchev–Trinajstić information content (AvgIpc) is 3.42. The summed E-state index contributed by atoms with van der Waals surface area (Å²) < 4.78 is 0. The highest BCUT2D eigenvalue weighted by molar-refractivity contribution is 5.95. The molecule has 0 spiro atoms. The molecule has 0 saturated heterocycles. The number of carbonyl (C=O) groups excluding carboxylic acids is 2. The molecule has 0 bridgehead atoms. The number of rotatable bonds is 6. The minimum atomic E-state index is -0.0129. The van der Waals surface area contributed by atoms with E-state index in [1.54, 1.807) is 0 Å². The first kappa shape index (κ1) is 16.2. The van der Waals surface area contributed by atoms with Crippen LogP contribution in [0.15, 0.2) is 54.6 Å². The molecule has 1 atom stereocenters. The van der Waals surface area contributed by atoms with Gasteiger partial charge in [-0.15, -0.1) is 0 Å². The van der Waals surface area contributed by atoms with E-state index in [0.29, 0.717) is 6.42 Å². The van der Waals surface area contributed by atoms with Crippen molar-refractivity contribution >= 4 is 23.2 Å². The standard InChI is InChI=1S/C20H22N2O2/c1-14(15-5-3-2-4-6-15)13-19(23)21-17-9-11-18(12-10-17)22-20(24)16-7-8-16/h2-6,9-12,14,16H,7-8,13H2,1H3,(H,21,23)(H,22,24). The van der Waals surface area contributed by atoms with Gasteiger partial charge < -0.3 is 10.6 Å². The monoisotopic (exact) mass is 322 g/mol. The van der Waals surface area contributed by atoms with Crippen LogP contribution in [0.3, 0.4) is 0 Å². The summed E-state index contributed by atoms with van der Waals surface area (Å²) in [7, 11) is 0. The fourth-order valence-electron chi connectivity index (χ4n) is 2.62. The molecule has 4 heteroatoms. The lowest BCUT2D eigenvalue weighted by atomic mass is 9.97. The molecular formula is C20H22N2O2. The van der Waals surface area contributed by atoms with Crippen molar-refractivity contribution in [3.63, 3.8) is 0 Å². The summed E-state index contributed by atoms with van der Waals surface area (Å²) in [4.78, 5) is 23.9. The zero-order valence-corrected chi connectivity index (χ0v) is 13.8. The quantitative estimate of drug-likeness (QED) is 0.838. The van der Waals surface area contributed by atoms with Gasteiger partial charge in [0.2, 0.25) is 11.8 Å². The van der Waals surface area contributed by atoms with Crippen molar-refractivity contribution in [2.45, 2.75) is 32.1 Å². The minimum Gasteiger partial charge on any atom is -0.326 e. The molecule has 1 fully saturated rings. The summed E-state index contributed by atoms with van der Waals surface area (Å²) in [6.45, 7) is 2.05. The van der Waals surface area contributed by atoms with Crippen LogP contribution in [0.2, 0.25) is 0 Å². The van der Waals surface area contributed by atoms with E-state index in [9.17, 15) is 9.59 Å². The van der Waals surface area contributed by atoms with Crippen molar-refractivity contribution < 1.29 is 9.59 Å². The van der Waals surface area contributed by atoms with Crippen LogP contribution in [-0.4, -0.2) is 11.8 Å². The Morgan fingerprint density at radius 1 is 0.958 bits per heavy atom. The molecule has 3 rings (SSSR count). The minimum absolute atomic E-state index is 0.0129. The van der Waals surface area contributed by atoms with Gasteiger partial charge in [-0.1, -0.05) is 37.3 Å². The van der Waals surface area contributed by atoms with Crippen molar-refractivity contribution in [2.24, 2.45) is 5.92 Å². The lowest BCUT2D eigenvalue weighted by Gasteiger charge is -2.12. The summed E-state index contributed by atoms with van der Waals surface area (Å²) >= 11 is 0. The molecule has 1 saturated carbocycles. The molecule has 0 aliphatic heterocycles. The number of hydrogen-bond acceptors (Lipinski definition) is 2. The van der Waals surface area contributed by atoms with Crippen LogP contribution in [-0.2, 0) is 9.59 Å². The highest BCUT2D eigenvalue weighted by Gasteiger charge is 2.29. The molecule has 124 valence electrons. The Morgan fingerprint density at radius 3 is 2.12 bits per heavy atom. The van der Waals surface area contributed by atoms with Crippen molar-refractivity contribution in [1.82, 2.24) is 0 Å². The molecule has 0 heterocycles. The van der Waals surface area contributed by atoms with Gasteiger partial charge in [-0.25, -0.2) is 0 Å². The molecule has 24 heavy (non-hydrogen) atoms.